The van der Waals surface area contributed by atoms with E-state index in [-0.39, 0.29) is 17.2 Å². The number of nitrogens with zero attached hydrogens (tertiary/aromatic N) is 1. The Labute approximate surface area is 110 Å². The molecular formula is C13H15F2N3O. The van der Waals surface area contributed by atoms with Crippen LogP contribution in [-0.4, -0.2) is 18.5 Å². The summed E-state index contributed by atoms with van der Waals surface area (Å²) >= 11 is 0. The molecule has 19 heavy (non-hydrogen) atoms. The maximum atomic E-state index is 13.6. The molecule has 0 heterocycles. The van der Waals surface area contributed by atoms with Gasteiger partial charge in [0.15, 0.2) is 11.6 Å². The highest BCUT2D eigenvalue weighted by Crippen LogP contribution is 2.20. The van der Waals surface area contributed by atoms with Crippen molar-refractivity contribution < 1.29 is 13.6 Å². The van der Waals surface area contributed by atoms with Crippen LogP contribution in [0.1, 0.15) is 25.8 Å². The number of rotatable bonds is 5. The molecule has 0 fully saturated rings. The number of halogens is 2. The first-order chi connectivity index (χ1) is 9.01. The molecule has 1 aromatic carbocycles. The van der Waals surface area contributed by atoms with Crippen LogP contribution in [0.5, 0.6) is 0 Å². The fourth-order valence-electron chi connectivity index (χ4n) is 1.45. The maximum Gasteiger partial charge on any atom is 0.242 e. The number of amides is 1. The van der Waals surface area contributed by atoms with Gasteiger partial charge in [-0.25, -0.2) is 8.78 Å². The Morgan fingerprint density at radius 1 is 1.42 bits per heavy atom. The molecule has 0 aliphatic carbocycles. The zero-order valence-corrected chi connectivity index (χ0v) is 10.8. The summed E-state index contributed by atoms with van der Waals surface area (Å²) in [6, 6.07) is 3.25. The molecular weight excluding hydrogens is 252 g/mol. The van der Waals surface area contributed by atoms with Crippen LogP contribution < -0.4 is 10.6 Å². The Morgan fingerprint density at radius 2 is 2.11 bits per heavy atom. The summed E-state index contributed by atoms with van der Waals surface area (Å²) < 4.78 is 27.0. The van der Waals surface area contributed by atoms with E-state index in [1.54, 1.807) is 13.0 Å². The van der Waals surface area contributed by atoms with E-state index in [0.717, 1.165) is 12.5 Å². The molecule has 0 radical (unpaired) electrons. The summed E-state index contributed by atoms with van der Waals surface area (Å²) in [6.45, 7) is 3.98. The summed E-state index contributed by atoms with van der Waals surface area (Å²) in [5, 5.41) is 13.8. The predicted octanol–water partition coefficient (Wildman–Crippen LogP) is 2.16. The van der Waals surface area contributed by atoms with Crippen LogP contribution in [0.4, 0.5) is 14.5 Å². The van der Waals surface area contributed by atoms with Crippen LogP contribution >= 0.6 is 0 Å². The second kappa shape index (κ2) is 6.69. The summed E-state index contributed by atoms with van der Waals surface area (Å²) in [7, 11) is 0. The van der Waals surface area contributed by atoms with Gasteiger partial charge in [-0.1, -0.05) is 6.92 Å². The molecule has 1 unspecified atom stereocenters. The van der Waals surface area contributed by atoms with Crippen LogP contribution in [-0.2, 0) is 4.79 Å². The normalized spacial score (nSPS) is 11.5. The first-order valence-corrected chi connectivity index (χ1v) is 5.93. The molecule has 0 spiro atoms. The molecule has 1 aromatic rings. The topological polar surface area (TPSA) is 64.9 Å². The fourth-order valence-corrected chi connectivity index (χ4v) is 1.45. The van der Waals surface area contributed by atoms with E-state index in [9.17, 15) is 13.6 Å². The molecule has 1 atom stereocenters. The lowest BCUT2D eigenvalue weighted by molar-refractivity contribution is -0.121. The van der Waals surface area contributed by atoms with Gasteiger partial charge in [-0.2, -0.15) is 5.26 Å². The first kappa shape index (κ1) is 14.9. The average Bonchev–Trinajstić information content (AvgIpc) is 2.41. The molecule has 0 bridgehead atoms. The Bertz CT molecular complexity index is 511. The van der Waals surface area contributed by atoms with Gasteiger partial charge in [0.2, 0.25) is 5.91 Å². The van der Waals surface area contributed by atoms with Crippen molar-refractivity contribution in [2.75, 3.05) is 11.9 Å². The van der Waals surface area contributed by atoms with Crippen LogP contribution in [0.2, 0.25) is 0 Å². The molecule has 0 saturated carbocycles. The van der Waals surface area contributed by atoms with E-state index >= 15 is 0 Å². The molecule has 0 aliphatic rings. The van der Waals surface area contributed by atoms with E-state index in [1.807, 2.05) is 6.92 Å². The van der Waals surface area contributed by atoms with Gasteiger partial charge in [0.05, 0.1) is 11.3 Å². The Morgan fingerprint density at radius 3 is 2.68 bits per heavy atom. The van der Waals surface area contributed by atoms with Gasteiger partial charge in [0.25, 0.3) is 0 Å². The average molecular weight is 267 g/mol. The van der Waals surface area contributed by atoms with Gasteiger partial charge in [0.1, 0.15) is 12.1 Å². The minimum absolute atomic E-state index is 0.143. The second-order valence-corrected chi connectivity index (χ2v) is 4.06. The van der Waals surface area contributed by atoms with Crippen molar-refractivity contribution >= 4 is 11.6 Å². The number of nitrogens with one attached hydrogen (secondary N) is 2. The van der Waals surface area contributed by atoms with E-state index in [0.29, 0.717) is 6.54 Å². The largest absolute Gasteiger partial charge is 0.371 e. The quantitative estimate of drug-likeness (QED) is 0.859. The highest BCUT2D eigenvalue weighted by Gasteiger charge is 2.17. The summed E-state index contributed by atoms with van der Waals surface area (Å²) in [5.74, 6) is -2.67. The minimum atomic E-state index is -1.21. The zero-order valence-electron chi connectivity index (χ0n) is 10.8. The summed E-state index contributed by atoms with van der Waals surface area (Å²) in [5.41, 5.74) is -0.512. The van der Waals surface area contributed by atoms with Gasteiger partial charge in [-0.05, 0) is 25.5 Å². The van der Waals surface area contributed by atoms with Crippen molar-refractivity contribution in [1.29, 1.82) is 5.26 Å². The smallest absolute Gasteiger partial charge is 0.242 e. The minimum Gasteiger partial charge on any atom is -0.371 e. The molecule has 0 aromatic heterocycles. The van der Waals surface area contributed by atoms with E-state index in [1.165, 1.54) is 6.07 Å². The van der Waals surface area contributed by atoms with E-state index < -0.39 is 17.7 Å². The van der Waals surface area contributed by atoms with E-state index in [4.69, 9.17) is 5.26 Å². The van der Waals surface area contributed by atoms with Crippen LogP contribution in [0.15, 0.2) is 12.1 Å². The molecule has 0 saturated heterocycles. The Hall–Kier alpha value is -2.16. The first-order valence-electron chi connectivity index (χ1n) is 5.93. The third-order valence-corrected chi connectivity index (χ3v) is 2.52. The Kier molecular flexibility index (Phi) is 5.24. The number of carbonyl (C=O) groups is 1. The van der Waals surface area contributed by atoms with Crippen molar-refractivity contribution in [3.8, 4) is 6.07 Å². The van der Waals surface area contributed by atoms with E-state index in [2.05, 4.69) is 10.6 Å². The SMILES string of the molecule is CCCNC(=O)C(C)Nc1ccc(C#N)c(F)c1F. The highest BCUT2D eigenvalue weighted by atomic mass is 19.2. The Balaban J connectivity index is 2.81. The second-order valence-electron chi connectivity index (χ2n) is 4.06. The van der Waals surface area contributed by atoms with Crippen molar-refractivity contribution in [2.24, 2.45) is 0 Å². The lowest BCUT2D eigenvalue weighted by atomic mass is 10.2. The fraction of sp³-hybridized carbons (Fsp3) is 0.385. The van der Waals surface area contributed by atoms with Gasteiger partial charge < -0.3 is 10.6 Å². The van der Waals surface area contributed by atoms with Gasteiger partial charge in [0, 0.05) is 6.54 Å². The van der Waals surface area contributed by atoms with Crippen LogP contribution in [0.25, 0.3) is 0 Å². The predicted molar refractivity (Wildman–Crippen MR) is 67.5 cm³/mol. The molecule has 0 aliphatic heterocycles. The van der Waals surface area contributed by atoms with Crippen LogP contribution in [0, 0.1) is 23.0 Å². The molecule has 1 amide bonds. The highest BCUT2D eigenvalue weighted by molar-refractivity contribution is 5.84. The number of hydrogen-bond donors (Lipinski definition) is 2. The number of benzene rings is 1. The zero-order chi connectivity index (χ0) is 14.4. The third kappa shape index (κ3) is 3.65. The lowest BCUT2D eigenvalue weighted by Crippen LogP contribution is -2.38. The number of carbonyl (C=O) groups excluding carboxylic acids is 1. The molecule has 102 valence electrons. The molecule has 4 nitrogen and oxygen atoms in total. The summed E-state index contributed by atoms with van der Waals surface area (Å²) in [6.07, 6.45) is 0.790. The lowest BCUT2D eigenvalue weighted by Gasteiger charge is -2.15. The van der Waals surface area contributed by atoms with Crippen LogP contribution in [0.3, 0.4) is 0 Å². The number of anilines is 1. The monoisotopic (exact) mass is 267 g/mol. The third-order valence-electron chi connectivity index (χ3n) is 2.52. The molecule has 1 rings (SSSR count). The van der Waals surface area contributed by atoms with Gasteiger partial charge in [-0.3, -0.25) is 4.79 Å². The van der Waals surface area contributed by atoms with Crippen molar-refractivity contribution in [1.82, 2.24) is 5.32 Å². The van der Waals surface area contributed by atoms with Crippen molar-refractivity contribution in [2.45, 2.75) is 26.3 Å². The van der Waals surface area contributed by atoms with Gasteiger partial charge in [-0.15, -0.1) is 0 Å². The number of nitriles is 1. The molecule has 2 N–H and O–H groups in total. The van der Waals surface area contributed by atoms with Gasteiger partial charge >= 0.3 is 0 Å². The standard InChI is InChI=1S/C13H15F2N3O/c1-3-6-17-13(19)8(2)18-10-5-4-9(7-16)11(14)12(10)15/h4-5,8,18H,3,6H2,1-2H3,(H,17,19). The molecule has 6 heteroatoms. The summed E-state index contributed by atoms with van der Waals surface area (Å²) in [4.78, 5) is 11.6. The van der Waals surface area contributed by atoms with Crippen molar-refractivity contribution in [3.63, 3.8) is 0 Å². The van der Waals surface area contributed by atoms with Crippen molar-refractivity contribution in [3.05, 3.63) is 29.3 Å². The maximum absolute atomic E-state index is 13.6. The number of hydrogen-bond acceptors (Lipinski definition) is 3.